The fourth-order valence-corrected chi connectivity index (χ4v) is 3.21. The minimum atomic E-state index is 0.600. The summed E-state index contributed by atoms with van der Waals surface area (Å²) < 4.78 is 2.06. The minimum absolute atomic E-state index is 0.600. The van der Waals surface area contributed by atoms with Crippen LogP contribution in [0.15, 0.2) is 0 Å². The Kier molecular flexibility index (Phi) is 2.58. The molecule has 1 aromatic heterocycles. The molecule has 1 N–H and O–H groups in total. The molecule has 1 unspecified atom stereocenters. The van der Waals surface area contributed by atoms with Crippen molar-refractivity contribution in [2.75, 3.05) is 11.9 Å². The first-order valence-electron chi connectivity index (χ1n) is 6.25. The van der Waals surface area contributed by atoms with Gasteiger partial charge in [0.25, 0.3) is 0 Å². The van der Waals surface area contributed by atoms with Gasteiger partial charge in [0.15, 0.2) is 0 Å². The van der Waals surface area contributed by atoms with Crippen molar-refractivity contribution >= 4 is 17.4 Å². The smallest absolute Gasteiger partial charge is 0.143 e. The fourth-order valence-electron chi connectivity index (χ4n) is 2.85. The van der Waals surface area contributed by atoms with Gasteiger partial charge in [-0.1, -0.05) is 31.4 Å². The second-order valence-electron chi connectivity index (χ2n) is 5.20. The van der Waals surface area contributed by atoms with Gasteiger partial charge in [0, 0.05) is 19.0 Å². The fraction of sp³-hybridized carbons (Fsp3) is 0.750. The maximum absolute atomic E-state index is 6.42. The van der Waals surface area contributed by atoms with E-state index in [9.17, 15) is 0 Å². The Labute approximate surface area is 101 Å². The molecule has 0 saturated heterocycles. The lowest BCUT2D eigenvalue weighted by Crippen LogP contribution is -2.25. The van der Waals surface area contributed by atoms with E-state index in [1.165, 1.54) is 25.7 Å². The molecule has 1 aliphatic carbocycles. The van der Waals surface area contributed by atoms with Crippen LogP contribution in [0.4, 0.5) is 5.82 Å². The van der Waals surface area contributed by atoms with Crippen molar-refractivity contribution in [3.63, 3.8) is 0 Å². The SMILES string of the molecule is CC1CNc2c(Cl)c(C3CCCC3)nn2C1. The van der Waals surface area contributed by atoms with Crippen LogP contribution in [0.5, 0.6) is 0 Å². The van der Waals surface area contributed by atoms with Gasteiger partial charge in [-0.05, 0) is 18.8 Å². The van der Waals surface area contributed by atoms with E-state index in [1.54, 1.807) is 0 Å². The molecule has 1 atom stereocenters. The number of halogens is 1. The van der Waals surface area contributed by atoms with Crippen LogP contribution < -0.4 is 5.32 Å². The summed E-state index contributed by atoms with van der Waals surface area (Å²) >= 11 is 6.42. The molecule has 0 amide bonds. The Bertz CT molecular complexity index is 393. The first-order chi connectivity index (χ1) is 7.75. The number of hydrogen-bond acceptors (Lipinski definition) is 2. The average molecular weight is 240 g/mol. The molecule has 0 aromatic carbocycles. The van der Waals surface area contributed by atoms with Crippen LogP contribution >= 0.6 is 11.6 Å². The highest BCUT2D eigenvalue weighted by Crippen LogP contribution is 2.40. The molecule has 16 heavy (non-hydrogen) atoms. The van der Waals surface area contributed by atoms with E-state index in [-0.39, 0.29) is 0 Å². The third-order valence-electron chi connectivity index (χ3n) is 3.76. The van der Waals surface area contributed by atoms with Gasteiger partial charge in [-0.2, -0.15) is 5.10 Å². The van der Waals surface area contributed by atoms with Gasteiger partial charge < -0.3 is 5.32 Å². The number of rotatable bonds is 1. The first kappa shape index (κ1) is 10.5. The van der Waals surface area contributed by atoms with Crippen molar-refractivity contribution in [1.82, 2.24) is 9.78 Å². The van der Waals surface area contributed by atoms with E-state index in [1.807, 2.05) is 0 Å². The van der Waals surface area contributed by atoms with Crippen LogP contribution in [-0.2, 0) is 6.54 Å². The third-order valence-corrected chi connectivity index (χ3v) is 4.14. The van der Waals surface area contributed by atoms with Gasteiger partial charge in [0.1, 0.15) is 10.8 Å². The largest absolute Gasteiger partial charge is 0.369 e. The van der Waals surface area contributed by atoms with Crippen molar-refractivity contribution in [3.8, 4) is 0 Å². The normalized spacial score (nSPS) is 25.5. The summed E-state index contributed by atoms with van der Waals surface area (Å²) in [7, 11) is 0. The van der Waals surface area contributed by atoms with Gasteiger partial charge >= 0.3 is 0 Å². The number of fused-ring (bicyclic) bond motifs is 1. The number of aromatic nitrogens is 2. The summed E-state index contributed by atoms with van der Waals surface area (Å²) in [5, 5.41) is 8.97. The number of hydrogen-bond donors (Lipinski definition) is 1. The minimum Gasteiger partial charge on any atom is -0.369 e. The lowest BCUT2D eigenvalue weighted by Gasteiger charge is -2.21. The van der Waals surface area contributed by atoms with E-state index in [2.05, 4.69) is 16.9 Å². The summed E-state index contributed by atoms with van der Waals surface area (Å²) in [6.07, 6.45) is 5.16. The van der Waals surface area contributed by atoms with Gasteiger partial charge in [0.05, 0.1) is 5.69 Å². The molecular formula is C12H18ClN3. The molecule has 88 valence electrons. The zero-order valence-electron chi connectivity index (χ0n) is 9.67. The van der Waals surface area contributed by atoms with E-state index in [4.69, 9.17) is 16.7 Å². The summed E-state index contributed by atoms with van der Waals surface area (Å²) in [5.74, 6) is 2.28. The molecule has 4 heteroatoms. The highest BCUT2D eigenvalue weighted by Gasteiger charge is 2.28. The van der Waals surface area contributed by atoms with Gasteiger partial charge in [-0.25, -0.2) is 4.68 Å². The maximum atomic E-state index is 6.42. The van der Waals surface area contributed by atoms with E-state index in [0.29, 0.717) is 11.8 Å². The standard InChI is InChI=1S/C12H18ClN3/c1-8-6-14-12-10(13)11(15-16(12)7-8)9-4-2-3-5-9/h8-9,14H,2-7H2,1H3. The van der Waals surface area contributed by atoms with Crippen LogP contribution in [0.1, 0.15) is 44.2 Å². The molecular weight excluding hydrogens is 222 g/mol. The molecule has 1 fully saturated rings. The Hall–Kier alpha value is -0.700. The summed E-state index contributed by atoms with van der Waals surface area (Å²) in [6.45, 7) is 4.24. The van der Waals surface area contributed by atoms with Crippen LogP contribution in [0.3, 0.4) is 0 Å². The predicted molar refractivity (Wildman–Crippen MR) is 66.1 cm³/mol. The molecule has 0 bridgehead atoms. The lowest BCUT2D eigenvalue weighted by molar-refractivity contribution is 0.440. The highest BCUT2D eigenvalue weighted by atomic mass is 35.5. The topological polar surface area (TPSA) is 29.9 Å². The first-order valence-corrected chi connectivity index (χ1v) is 6.63. The highest BCUT2D eigenvalue weighted by molar-refractivity contribution is 6.33. The van der Waals surface area contributed by atoms with Crippen molar-refractivity contribution in [3.05, 3.63) is 10.7 Å². The van der Waals surface area contributed by atoms with Crippen molar-refractivity contribution in [1.29, 1.82) is 0 Å². The molecule has 0 spiro atoms. The van der Waals surface area contributed by atoms with Crippen LogP contribution in [0.2, 0.25) is 5.02 Å². The molecule has 0 radical (unpaired) electrons. The Balaban J connectivity index is 1.95. The molecule has 2 heterocycles. The molecule has 1 aromatic rings. The second kappa shape index (κ2) is 3.95. The summed E-state index contributed by atoms with van der Waals surface area (Å²) in [5.41, 5.74) is 1.13. The molecule has 1 aliphatic heterocycles. The summed E-state index contributed by atoms with van der Waals surface area (Å²) in [4.78, 5) is 0. The average Bonchev–Trinajstić information content (AvgIpc) is 2.86. The van der Waals surface area contributed by atoms with Gasteiger partial charge in [-0.15, -0.1) is 0 Å². The number of anilines is 1. The predicted octanol–water partition coefficient (Wildman–Crippen LogP) is 3.26. The number of nitrogens with zero attached hydrogens (tertiary/aromatic N) is 2. The van der Waals surface area contributed by atoms with Crippen LogP contribution in [-0.4, -0.2) is 16.3 Å². The number of nitrogens with one attached hydrogen (secondary N) is 1. The zero-order valence-corrected chi connectivity index (χ0v) is 10.4. The molecule has 3 nitrogen and oxygen atoms in total. The van der Waals surface area contributed by atoms with Crippen molar-refractivity contribution < 1.29 is 0 Å². The molecule has 1 saturated carbocycles. The second-order valence-corrected chi connectivity index (χ2v) is 5.58. The maximum Gasteiger partial charge on any atom is 0.143 e. The third kappa shape index (κ3) is 1.61. The lowest BCUT2D eigenvalue weighted by atomic mass is 10.0. The van der Waals surface area contributed by atoms with Crippen LogP contribution in [0, 0.1) is 5.92 Å². The molecule has 2 aliphatic rings. The zero-order chi connectivity index (χ0) is 11.1. The van der Waals surface area contributed by atoms with Crippen molar-refractivity contribution in [2.24, 2.45) is 5.92 Å². The van der Waals surface area contributed by atoms with Gasteiger partial charge in [0.2, 0.25) is 0 Å². The van der Waals surface area contributed by atoms with E-state index < -0.39 is 0 Å². The van der Waals surface area contributed by atoms with E-state index >= 15 is 0 Å². The Morgan fingerprint density at radius 3 is 2.88 bits per heavy atom. The molecule has 3 rings (SSSR count). The van der Waals surface area contributed by atoms with Crippen molar-refractivity contribution in [2.45, 2.75) is 45.1 Å². The monoisotopic (exact) mass is 239 g/mol. The van der Waals surface area contributed by atoms with Gasteiger partial charge in [-0.3, -0.25) is 0 Å². The summed E-state index contributed by atoms with van der Waals surface area (Å²) in [6, 6.07) is 0. The van der Waals surface area contributed by atoms with Crippen LogP contribution in [0.25, 0.3) is 0 Å². The van der Waals surface area contributed by atoms with E-state index in [0.717, 1.165) is 29.6 Å². The quantitative estimate of drug-likeness (QED) is 0.815. The Morgan fingerprint density at radius 1 is 1.38 bits per heavy atom. The Morgan fingerprint density at radius 2 is 2.12 bits per heavy atom.